The molecule has 2 saturated heterocycles. The molecule has 2 aliphatic heterocycles. The van der Waals surface area contributed by atoms with E-state index >= 15 is 0 Å². The van der Waals surface area contributed by atoms with Gasteiger partial charge < -0.3 is 20.6 Å². The first-order valence-corrected chi connectivity index (χ1v) is 11.4. The lowest BCUT2D eigenvalue weighted by Gasteiger charge is -2.34. The zero-order valence-electron chi connectivity index (χ0n) is 17.9. The summed E-state index contributed by atoms with van der Waals surface area (Å²) in [5.41, 5.74) is 2.81. The van der Waals surface area contributed by atoms with E-state index in [9.17, 15) is 9.90 Å². The maximum atomic E-state index is 12.2. The summed E-state index contributed by atoms with van der Waals surface area (Å²) in [4.78, 5) is 16.8. The molecule has 0 radical (unpaired) electrons. The molecule has 2 aliphatic rings. The maximum Gasteiger partial charge on any atom is 0.253 e. The summed E-state index contributed by atoms with van der Waals surface area (Å²) in [5, 5.41) is 17.8. The van der Waals surface area contributed by atoms with E-state index in [0.29, 0.717) is 24.7 Å². The summed E-state index contributed by atoms with van der Waals surface area (Å²) >= 11 is 5.98. The molecule has 7 heteroatoms. The minimum absolute atomic E-state index is 0.00515. The lowest BCUT2D eigenvalue weighted by atomic mass is 10.0. The van der Waals surface area contributed by atoms with Gasteiger partial charge in [0.1, 0.15) is 0 Å². The quantitative estimate of drug-likeness (QED) is 0.641. The van der Waals surface area contributed by atoms with Crippen molar-refractivity contribution in [1.29, 1.82) is 0 Å². The van der Waals surface area contributed by atoms with Crippen LogP contribution >= 0.6 is 11.6 Å². The van der Waals surface area contributed by atoms with Crippen LogP contribution in [0.25, 0.3) is 0 Å². The maximum absolute atomic E-state index is 12.2. The summed E-state index contributed by atoms with van der Waals surface area (Å²) in [7, 11) is 1.64. The van der Waals surface area contributed by atoms with Crippen LogP contribution in [0, 0.1) is 0 Å². The third-order valence-corrected chi connectivity index (χ3v) is 6.61. The topological polar surface area (TPSA) is 67.8 Å². The fourth-order valence-electron chi connectivity index (χ4n) is 4.63. The van der Waals surface area contributed by atoms with Crippen molar-refractivity contribution in [3.05, 3.63) is 64.7 Å². The average molecular weight is 443 g/mol. The van der Waals surface area contributed by atoms with Gasteiger partial charge in [-0.2, -0.15) is 0 Å². The average Bonchev–Trinajstić information content (AvgIpc) is 3.16. The summed E-state index contributed by atoms with van der Waals surface area (Å²) in [5.74, 6) is -0.102. The number of anilines is 1. The van der Waals surface area contributed by atoms with Crippen LogP contribution < -0.4 is 15.5 Å². The molecule has 2 unspecified atom stereocenters. The van der Waals surface area contributed by atoms with E-state index in [1.54, 1.807) is 7.05 Å². The highest BCUT2D eigenvalue weighted by atomic mass is 35.5. The van der Waals surface area contributed by atoms with Crippen LogP contribution in [0.4, 0.5) is 5.69 Å². The van der Waals surface area contributed by atoms with Gasteiger partial charge in [0.2, 0.25) is 0 Å². The van der Waals surface area contributed by atoms with Gasteiger partial charge in [-0.15, -0.1) is 0 Å². The minimum Gasteiger partial charge on any atom is -0.390 e. The van der Waals surface area contributed by atoms with Crippen molar-refractivity contribution in [3.8, 4) is 0 Å². The van der Waals surface area contributed by atoms with Crippen LogP contribution in [0.5, 0.6) is 0 Å². The van der Waals surface area contributed by atoms with Crippen molar-refractivity contribution in [3.63, 3.8) is 0 Å². The van der Waals surface area contributed by atoms with E-state index in [0.717, 1.165) is 43.2 Å². The number of aliphatic hydroxyl groups is 1. The summed E-state index contributed by atoms with van der Waals surface area (Å²) in [6.07, 6.45) is 1.67. The first-order chi connectivity index (χ1) is 15.0. The van der Waals surface area contributed by atoms with Crippen LogP contribution in [0.2, 0.25) is 5.02 Å². The molecule has 4 rings (SSSR count). The number of nitrogens with zero attached hydrogens (tertiary/aromatic N) is 2. The number of benzene rings is 2. The van der Waals surface area contributed by atoms with Gasteiger partial charge in [-0.1, -0.05) is 35.9 Å². The zero-order chi connectivity index (χ0) is 21.8. The number of piperidine rings is 1. The van der Waals surface area contributed by atoms with Crippen molar-refractivity contribution in [1.82, 2.24) is 15.5 Å². The molecule has 2 aromatic carbocycles. The number of carbonyl (C=O) groups excluding carboxylic acids is 1. The van der Waals surface area contributed by atoms with Crippen LogP contribution in [0.15, 0.2) is 48.5 Å². The number of hydrogen-bond donors (Lipinski definition) is 3. The molecule has 0 aliphatic carbocycles. The second-order valence-corrected chi connectivity index (χ2v) is 8.96. The number of halogens is 1. The Kier molecular flexibility index (Phi) is 7.13. The number of hydrogen-bond acceptors (Lipinski definition) is 5. The number of amides is 1. The van der Waals surface area contributed by atoms with Gasteiger partial charge in [0.25, 0.3) is 5.91 Å². The van der Waals surface area contributed by atoms with Gasteiger partial charge >= 0.3 is 0 Å². The van der Waals surface area contributed by atoms with E-state index in [-0.39, 0.29) is 11.9 Å². The Morgan fingerprint density at radius 2 is 1.81 bits per heavy atom. The van der Waals surface area contributed by atoms with Crippen molar-refractivity contribution in [2.45, 2.75) is 37.6 Å². The lowest BCUT2D eigenvalue weighted by molar-refractivity contribution is 0.0963. The summed E-state index contributed by atoms with van der Waals surface area (Å²) in [6.45, 7) is 4.24. The van der Waals surface area contributed by atoms with Crippen LogP contribution in [-0.4, -0.2) is 67.3 Å². The molecule has 0 bridgehead atoms. The first kappa shape index (κ1) is 22.1. The summed E-state index contributed by atoms with van der Waals surface area (Å²) in [6, 6.07) is 16.1. The van der Waals surface area contributed by atoms with Crippen molar-refractivity contribution in [2.24, 2.45) is 0 Å². The SMILES string of the molecule is CNC(=O)c1ccccc1N1CC(O)C(NC2CCN(Cc3ccc(Cl)cc3)CC2)C1. The standard InChI is InChI=1S/C24H31ClN4O2/c1-26-24(31)20-4-2-3-5-22(20)29-15-21(23(30)16-29)27-19-10-12-28(13-11-19)14-17-6-8-18(25)9-7-17/h2-9,19,21,23,27,30H,10-16H2,1H3,(H,26,31). The molecule has 2 atom stereocenters. The number of nitrogens with one attached hydrogen (secondary N) is 2. The molecule has 0 aromatic heterocycles. The Morgan fingerprint density at radius 1 is 1.10 bits per heavy atom. The fourth-order valence-corrected chi connectivity index (χ4v) is 4.76. The highest BCUT2D eigenvalue weighted by Gasteiger charge is 2.34. The third kappa shape index (κ3) is 5.39. The number of carbonyl (C=O) groups is 1. The Balaban J connectivity index is 1.30. The predicted octanol–water partition coefficient (Wildman–Crippen LogP) is 2.50. The molecule has 6 nitrogen and oxygen atoms in total. The van der Waals surface area contributed by atoms with Crippen LogP contribution in [0.3, 0.4) is 0 Å². The normalized spacial score (nSPS) is 22.6. The summed E-state index contributed by atoms with van der Waals surface area (Å²) < 4.78 is 0. The molecule has 2 heterocycles. The van der Waals surface area contributed by atoms with Gasteiger partial charge in [-0.05, 0) is 55.8 Å². The molecule has 2 aromatic rings. The number of aliphatic hydroxyl groups excluding tert-OH is 1. The van der Waals surface area contributed by atoms with Crippen LogP contribution in [0.1, 0.15) is 28.8 Å². The van der Waals surface area contributed by atoms with Gasteiger partial charge in [0.05, 0.1) is 17.7 Å². The molecule has 3 N–H and O–H groups in total. The van der Waals surface area contributed by atoms with E-state index in [4.69, 9.17) is 11.6 Å². The van der Waals surface area contributed by atoms with Crippen molar-refractivity contribution >= 4 is 23.2 Å². The smallest absolute Gasteiger partial charge is 0.253 e. The van der Waals surface area contributed by atoms with Crippen molar-refractivity contribution in [2.75, 3.05) is 38.1 Å². The predicted molar refractivity (Wildman–Crippen MR) is 125 cm³/mol. The highest BCUT2D eigenvalue weighted by molar-refractivity contribution is 6.30. The fraction of sp³-hybridized carbons (Fsp3) is 0.458. The Labute approximate surface area is 189 Å². The van der Waals surface area contributed by atoms with E-state index < -0.39 is 6.10 Å². The molecule has 0 spiro atoms. The van der Waals surface area contributed by atoms with E-state index in [1.165, 1.54) is 5.56 Å². The van der Waals surface area contributed by atoms with Gasteiger partial charge in [0.15, 0.2) is 0 Å². The van der Waals surface area contributed by atoms with E-state index in [2.05, 4.69) is 32.6 Å². The zero-order valence-corrected chi connectivity index (χ0v) is 18.7. The van der Waals surface area contributed by atoms with Gasteiger partial charge in [0, 0.05) is 43.4 Å². The molecule has 2 fully saturated rings. The monoisotopic (exact) mass is 442 g/mol. The molecule has 0 saturated carbocycles. The molecule has 166 valence electrons. The number of rotatable bonds is 6. The van der Waals surface area contributed by atoms with Crippen LogP contribution in [-0.2, 0) is 6.54 Å². The molecule has 1 amide bonds. The second kappa shape index (κ2) is 10.0. The molecular weight excluding hydrogens is 412 g/mol. The van der Waals surface area contributed by atoms with Crippen molar-refractivity contribution < 1.29 is 9.90 Å². The van der Waals surface area contributed by atoms with Gasteiger partial charge in [-0.25, -0.2) is 0 Å². The third-order valence-electron chi connectivity index (χ3n) is 6.36. The minimum atomic E-state index is -0.454. The largest absolute Gasteiger partial charge is 0.390 e. The van der Waals surface area contributed by atoms with E-state index in [1.807, 2.05) is 36.4 Å². The van der Waals surface area contributed by atoms with Gasteiger partial charge in [-0.3, -0.25) is 9.69 Å². The number of likely N-dealkylation sites (tertiary alicyclic amines) is 1. The Bertz CT molecular complexity index is 883. The number of β-amino-alcohol motifs (C(OH)–C–C–N with tert-alkyl or cyclic N) is 1. The molecule has 31 heavy (non-hydrogen) atoms. The second-order valence-electron chi connectivity index (χ2n) is 8.52. The lowest BCUT2D eigenvalue weighted by Crippen LogP contribution is -2.49. The Morgan fingerprint density at radius 3 is 2.52 bits per heavy atom. The number of para-hydroxylation sites is 1. The Hall–Kier alpha value is -2.12. The first-order valence-electron chi connectivity index (χ1n) is 11.0. The highest BCUT2D eigenvalue weighted by Crippen LogP contribution is 2.26. The molecular formula is C24H31ClN4O2.